The van der Waals surface area contributed by atoms with Crippen molar-refractivity contribution in [2.75, 3.05) is 5.75 Å². The van der Waals surface area contributed by atoms with Crippen LogP contribution < -0.4 is 0 Å². The van der Waals surface area contributed by atoms with Gasteiger partial charge in [0.15, 0.2) is 0 Å². The zero-order chi connectivity index (χ0) is 7.56. The van der Waals surface area contributed by atoms with Crippen LogP contribution in [0.25, 0.3) is 0 Å². The number of hydrogen-bond acceptors (Lipinski definition) is 3. The molecule has 1 unspecified atom stereocenters. The van der Waals surface area contributed by atoms with E-state index in [9.17, 15) is 4.79 Å². The number of thioether (sulfide) groups is 1. The minimum absolute atomic E-state index is 0.0596. The molecule has 1 heterocycles. The summed E-state index contributed by atoms with van der Waals surface area (Å²) in [6.45, 7) is 4.26. The summed E-state index contributed by atoms with van der Waals surface area (Å²) in [4.78, 5) is 10.6. The molecule has 1 atom stereocenters. The number of carbonyl (C=O) groups excluding carboxylic acids is 1. The third-order valence-corrected chi connectivity index (χ3v) is 2.38. The lowest BCUT2D eigenvalue weighted by atomic mass is 10.1. The Morgan fingerprint density at radius 3 is 2.90 bits per heavy atom. The third kappa shape index (κ3) is 2.21. The average molecular weight is 160 g/mol. The van der Waals surface area contributed by atoms with Crippen LogP contribution in [0.4, 0.5) is 0 Å². The summed E-state index contributed by atoms with van der Waals surface area (Å²) in [5.74, 6) is 1.09. The van der Waals surface area contributed by atoms with Gasteiger partial charge in [-0.25, -0.2) is 0 Å². The topological polar surface area (TPSA) is 26.3 Å². The number of esters is 1. The average Bonchev–Trinajstić information content (AvgIpc) is 2.13. The van der Waals surface area contributed by atoms with Crippen LogP contribution in [0.15, 0.2) is 0 Å². The van der Waals surface area contributed by atoms with Gasteiger partial charge in [-0.3, -0.25) is 4.79 Å². The summed E-state index contributed by atoms with van der Waals surface area (Å²) in [7, 11) is 0. The first-order valence-corrected chi connectivity index (χ1v) is 4.54. The minimum atomic E-state index is -0.0596. The van der Waals surface area contributed by atoms with Gasteiger partial charge in [0.1, 0.15) is 5.44 Å². The molecule has 10 heavy (non-hydrogen) atoms. The Balaban J connectivity index is 2.24. The lowest BCUT2D eigenvalue weighted by Gasteiger charge is -2.09. The van der Waals surface area contributed by atoms with Crippen LogP contribution in [0.1, 0.15) is 20.3 Å². The van der Waals surface area contributed by atoms with Crippen LogP contribution in [0.2, 0.25) is 0 Å². The fourth-order valence-corrected chi connectivity index (χ4v) is 1.96. The normalized spacial score (nSPS) is 25.5. The number of cyclic esters (lactones) is 1. The SMILES string of the molecule is CC(C)CC1OC(=O)CS1. The molecular weight excluding hydrogens is 148 g/mol. The fourth-order valence-electron chi connectivity index (χ4n) is 0.877. The highest BCUT2D eigenvalue weighted by Gasteiger charge is 2.24. The molecule has 0 aliphatic carbocycles. The molecule has 1 rings (SSSR count). The van der Waals surface area contributed by atoms with Gasteiger partial charge in [-0.05, 0) is 12.3 Å². The van der Waals surface area contributed by atoms with Gasteiger partial charge in [-0.15, -0.1) is 11.8 Å². The molecule has 1 saturated heterocycles. The Bertz CT molecular complexity index is 134. The predicted molar refractivity (Wildman–Crippen MR) is 41.8 cm³/mol. The van der Waals surface area contributed by atoms with Gasteiger partial charge < -0.3 is 4.74 Å². The van der Waals surface area contributed by atoms with Crippen molar-refractivity contribution in [1.82, 2.24) is 0 Å². The maximum atomic E-state index is 10.6. The second-order valence-corrected chi connectivity index (χ2v) is 4.01. The van der Waals surface area contributed by atoms with E-state index in [1.54, 1.807) is 11.8 Å². The lowest BCUT2D eigenvalue weighted by Crippen LogP contribution is -2.07. The van der Waals surface area contributed by atoms with Gasteiger partial charge in [0, 0.05) is 0 Å². The lowest BCUT2D eigenvalue weighted by molar-refractivity contribution is -0.140. The van der Waals surface area contributed by atoms with E-state index in [4.69, 9.17) is 4.74 Å². The molecule has 0 spiro atoms. The van der Waals surface area contributed by atoms with E-state index >= 15 is 0 Å². The van der Waals surface area contributed by atoms with Gasteiger partial charge in [0.2, 0.25) is 0 Å². The maximum absolute atomic E-state index is 10.6. The van der Waals surface area contributed by atoms with Crippen molar-refractivity contribution in [3.05, 3.63) is 0 Å². The molecule has 58 valence electrons. The van der Waals surface area contributed by atoms with Crippen LogP contribution in [-0.4, -0.2) is 17.2 Å². The largest absolute Gasteiger partial charge is 0.451 e. The molecule has 0 aromatic carbocycles. The fraction of sp³-hybridized carbons (Fsp3) is 0.857. The Morgan fingerprint density at radius 1 is 1.80 bits per heavy atom. The Morgan fingerprint density at radius 2 is 2.50 bits per heavy atom. The van der Waals surface area contributed by atoms with Gasteiger partial charge in [0.25, 0.3) is 0 Å². The number of carbonyl (C=O) groups is 1. The van der Waals surface area contributed by atoms with Crippen molar-refractivity contribution < 1.29 is 9.53 Å². The van der Waals surface area contributed by atoms with E-state index in [0.29, 0.717) is 11.7 Å². The molecule has 0 aromatic rings. The number of hydrogen-bond donors (Lipinski definition) is 0. The zero-order valence-corrected chi connectivity index (χ0v) is 7.11. The summed E-state index contributed by atoms with van der Waals surface area (Å²) < 4.78 is 5.00. The van der Waals surface area contributed by atoms with E-state index in [1.807, 2.05) is 0 Å². The van der Waals surface area contributed by atoms with Gasteiger partial charge >= 0.3 is 5.97 Å². The Labute approximate surface area is 65.3 Å². The zero-order valence-electron chi connectivity index (χ0n) is 6.29. The first-order chi connectivity index (χ1) is 4.68. The van der Waals surface area contributed by atoms with Gasteiger partial charge in [0.05, 0.1) is 5.75 Å². The highest BCUT2D eigenvalue weighted by molar-refractivity contribution is 8.00. The van der Waals surface area contributed by atoms with Crippen molar-refractivity contribution in [1.29, 1.82) is 0 Å². The van der Waals surface area contributed by atoms with Crippen molar-refractivity contribution in [3.63, 3.8) is 0 Å². The Hall–Kier alpha value is -0.180. The highest BCUT2D eigenvalue weighted by Crippen LogP contribution is 2.26. The van der Waals surface area contributed by atoms with E-state index in [1.165, 1.54) is 0 Å². The molecule has 1 fully saturated rings. The molecule has 1 aliphatic heterocycles. The van der Waals surface area contributed by atoms with E-state index < -0.39 is 0 Å². The van der Waals surface area contributed by atoms with Crippen LogP contribution in [0, 0.1) is 5.92 Å². The van der Waals surface area contributed by atoms with Crippen molar-refractivity contribution >= 4 is 17.7 Å². The molecule has 2 nitrogen and oxygen atoms in total. The molecule has 0 N–H and O–H groups in total. The maximum Gasteiger partial charge on any atom is 0.317 e. The minimum Gasteiger partial charge on any atom is -0.451 e. The summed E-state index contributed by atoms with van der Waals surface area (Å²) in [6, 6.07) is 0. The predicted octanol–water partition coefficient (Wildman–Crippen LogP) is 1.65. The molecule has 1 aliphatic rings. The van der Waals surface area contributed by atoms with E-state index in [-0.39, 0.29) is 11.4 Å². The third-order valence-electron chi connectivity index (χ3n) is 1.31. The number of ether oxygens (including phenoxy) is 1. The van der Waals surface area contributed by atoms with Crippen LogP contribution in [0.5, 0.6) is 0 Å². The Kier molecular flexibility index (Phi) is 2.60. The first-order valence-electron chi connectivity index (χ1n) is 3.49. The van der Waals surface area contributed by atoms with Crippen molar-refractivity contribution in [2.24, 2.45) is 5.92 Å². The molecule has 0 aromatic heterocycles. The number of rotatable bonds is 2. The summed E-state index contributed by atoms with van der Waals surface area (Å²) in [6.07, 6.45) is 0.983. The molecule has 0 amide bonds. The highest BCUT2D eigenvalue weighted by atomic mass is 32.2. The van der Waals surface area contributed by atoms with Crippen molar-refractivity contribution in [3.8, 4) is 0 Å². The van der Waals surface area contributed by atoms with Crippen LogP contribution in [-0.2, 0) is 9.53 Å². The first kappa shape index (κ1) is 7.92. The van der Waals surface area contributed by atoms with Gasteiger partial charge in [-0.2, -0.15) is 0 Å². The smallest absolute Gasteiger partial charge is 0.317 e. The van der Waals surface area contributed by atoms with E-state index in [0.717, 1.165) is 6.42 Å². The monoisotopic (exact) mass is 160 g/mol. The summed E-state index contributed by atoms with van der Waals surface area (Å²) in [5.41, 5.74) is 0.132. The molecule has 0 saturated carbocycles. The molecular formula is C7H12O2S. The summed E-state index contributed by atoms with van der Waals surface area (Å²) >= 11 is 1.61. The van der Waals surface area contributed by atoms with Crippen LogP contribution in [0.3, 0.4) is 0 Å². The van der Waals surface area contributed by atoms with Gasteiger partial charge in [-0.1, -0.05) is 13.8 Å². The second-order valence-electron chi connectivity index (χ2n) is 2.86. The molecule has 0 bridgehead atoms. The molecule has 3 heteroatoms. The van der Waals surface area contributed by atoms with Crippen LogP contribution >= 0.6 is 11.8 Å². The van der Waals surface area contributed by atoms with Crippen molar-refractivity contribution in [2.45, 2.75) is 25.7 Å². The molecule has 0 radical (unpaired) electrons. The van der Waals surface area contributed by atoms with E-state index in [2.05, 4.69) is 13.8 Å². The quantitative estimate of drug-likeness (QED) is 0.574. The second kappa shape index (κ2) is 3.28. The standard InChI is InChI=1S/C7H12O2S/c1-5(2)3-7-9-6(8)4-10-7/h5,7H,3-4H2,1-2H3. The summed E-state index contributed by atoms with van der Waals surface area (Å²) in [5, 5.41) is 0.